The molecule has 0 bridgehead atoms. The number of fused-ring (bicyclic) bond motifs is 1. The van der Waals surface area contributed by atoms with E-state index in [-0.39, 0.29) is 0 Å². The Bertz CT molecular complexity index is 384. The molecule has 1 aliphatic heterocycles. The Hall–Kier alpha value is -0.870. The fourth-order valence-corrected chi connectivity index (χ4v) is 3.00. The first kappa shape index (κ1) is 10.6. The SMILES string of the molecule is CC(C)c1cc2c(s1)CC(C(=O)O)NC2. The lowest BCUT2D eigenvalue weighted by molar-refractivity contribution is -0.139. The molecule has 0 amide bonds. The molecule has 0 saturated heterocycles. The number of carboxylic acids is 1. The van der Waals surface area contributed by atoms with Crippen LogP contribution in [0.2, 0.25) is 0 Å². The number of aliphatic carboxylic acids is 1. The van der Waals surface area contributed by atoms with Crippen molar-refractivity contribution < 1.29 is 9.90 Å². The van der Waals surface area contributed by atoms with E-state index in [1.807, 2.05) is 0 Å². The number of hydrogen-bond acceptors (Lipinski definition) is 3. The summed E-state index contributed by atoms with van der Waals surface area (Å²) in [4.78, 5) is 13.4. The minimum atomic E-state index is -0.750. The monoisotopic (exact) mass is 225 g/mol. The molecule has 1 aliphatic rings. The molecular formula is C11H15NO2S. The summed E-state index contributed by atoms with van der Waals surface area (Å²) in [6.07, 6.45) is 0.627. The van der Waals surface area contributed by atoms with Crippen LogP contribution in [0.25, 0.3) is 0 Å². The summed E-state index contributed by atoms with van der Waals surface area (Å²) in [5, 5.41) is 12.0. The molecule has 1 aromatic heterocycles. The third-order valence-electron chi connectivity index (χ3n) is 2.71. The molecule has 82 valence electrons. The van der Waals surface area contributed by atoms with Crippen LogP contribution in [0.15, 0.2) is 6.07 Å². The van der Waals surface area contributed by atoms with Crippen molar-refractivity contribution in [1.82, 2.24) is 5.32 Å². The van der Waals surface area contributed by atoms with E-state index in [2.05, 4.69) is 25.2 Å². The van der Waals surface area contributed by atoms with Gasteiger partial charge in [0.05, 0.1) is 0 Å². The number of nitrogens with one attached hydrogen (secondary N) is 1. The van der Waals surface area contributed by atoms with E-state index in [4.69, 9.17) is 5.11 Å². The summed E-state index contributed by atoms with van der Waals surface area (Å²) < 4.78 is 0. The van der Waals surface area contributed by atoms with Gasteiger partial charge in [-0.15, -0.1) is 11.3 Å². The molecule has 1 unspecified atom stereocenters. The first-order valence-electron chi connectivity index (χ1n) is 5.15. The lowest BCUT2D eigenvalue weighted by atomic mass is 10.0. The average Bonchev–Trinajstić information content (AvgIpc) is 2.59. The topological polar surface area (TPSA) is 49.3 Å². The van der Waals surface area contributed by atoms with Gasteiger partial charge in [-0.25, -0.2) is 0 Å². The van der Waals surface area contributed by atoms with Crippen LogP contribution in [0.1, 0.15) is 35.1 Å². The first-order chi connectivity index (χ1) is 7.08. The van der Waals surface area contributed by atoms with Gasteiger partial charge in [0.15, 0.2) is 0 Å². The average molecular weight is 225 g/mol. The lowest BCUT2D eigenvalue weighted by Crippen LogP contribution is -2.40. The molecule has 3 nitrogen and oxygen atoms in total. The standard InChI is InChI=1S/C11H15NO2S/c1-6(2)9-3-7-5-12-8(11(13)14)4-10(7)15-9/h3,6,8,12H,4-5H2,1-2H3,(H,13,14). The molecule has 1 atom stereocenters. The first-order valence-corrected chi connectivity index (χ1v) is 5.97. The van der Waals surface area contributed by atoms with Crippen molar-refractivity contribution in [3.63, 3.8) is 0 Å². The molecule has 4 heteroatoms. The van der Waals surface area contributed by atoms with Crippen molar-refractivity contribution in [2.75, 3.05) is 0 Å². The van der Waals surface area contributed by atoms with Crippen molar-refractivity contribution in [3.05, 3.63) is 21.4 Å². The van der Waals surface area contributed by atoms with Crippen molar-refractivity contribution in [2.24, 2.45) is 0 Å². The predicted octanol–water partition coefficient (Wildman–Crippen LogP) is 1.97. The third-order valence-corrected chi connectivity index (χ3v) is 4.21. The highest BCUT2D eigenvalue weighted by atomic mass is 32.1. The molecule has 0 aliphatic carbocycles. The lowest BCUT2D eigenvalue weighted by Gasteiger charge is -2.19. The molecule has 0 aromatic carbocycles. The largest absolute Gasteiger partial charge is 0.480 e. The van der Waals surface area contributed by atoms with E-state index in [9.17, 15) is 4.79 Å². The molecule has 0 radical (unpaired) electrons. The van der Waals surface area contributed by atoms with Crippen LogP contribution in [-0.4, -0.2) is 17.1 Å². The highest BCUT2D eigenvalue weighted by Gasteiger charge is 2.25. The molecule has 1 aromatic rings. The quantitative estimate of drug-likeness (QED) is 0.809. The van der Waals surface area contributed by atoms with Crippen LogP contribution in [-0.2, 0) is 17.8 Å². The van der Waals surface area contributed by atoms with Gasteiger partial charge in [-0.1, -0.05) is 13.8 Å². The van der Waals surface area contributed by atoms with Gasteiger partial charge in [0.2, 0.25) is 0 Å². The maximum absolute atomic E-state index is 10.8. The van der Waals surface area contributed by atoms with E-state index < -0.39 is 12.0 Å². The smallest absolute Gasteiger partial charge is 0.321 e. The van der Waals surface area contributed by atoms with Gasteiger partial charge in [0.1, 0.15) is 6.04 Å². The Labute approximate surface area is 93.1 Å². The van der Waals surface area contributed by atoms with Gasteiger partial charge in [0, 0.05) is 22.7 Å². The fraction of sp³-hybridized carbons (Fsp3) is 0.545. The molecule has 0 fully saturated rings. The van der Waals surface area contributed by atoms with E-state index >= 15 is 0 Å². The Kier molecular flexibility index (Phi) is 2.80. The van der Waals surface area contributed by atoms with Crippen molar-refractivity contribution in [1.29, 1.82) is 0 Å². The van der Waals surface area contributed by atoms with E-state index in [1.54, 1.807) is 11.3 Å². The highest BCUT2D eigenvalue weighted by molar-refractivity contribution is 7.12. The zero-order chi connectivity index (χ0) is 11.0. The van der Waals surface area contributed by atoms with Crippen molar-refractivity contribution >= 4 is 17.3 Å². The second kappa shape index (κ2) is 3.94. The second-order valence-corrected chi connectivity index (χ2v) is 5.40. The number of carboxylic acid groups (broad SMARTS) is 1. The normalized spacial score (nSPS) is 20.3. The molecule has 2 rings (SSSR count). The maximum atomic E-state index is 10.8. The summed E-state index contributed by atoms with van der Waals surface area (Å²) in [7, 11) is 0. The van der Waals surface area contributed by atoms with Crippen LogP contribution >= 0.6 is 11.3 Å². The maximum Gasteiger partial charge on any atom is 0.321 e. The summed E-state index contributed by atoms with van der Waals surface area (Å²) in [6.45, 7) is 5.02. The molecule has 0 saturated carbocycles. The summed E-state index contributed by atoms with van der Waals surface area (Å²) in [5.74, 6) is -0.218. The Morgan fingerprint density at radius 1 is 1.67 bits per heavy atom. The van der Waals surface area contributed by atoms with Gasteiger partial charge in [-0.3, -0.25) is 10.1 Å². The summed E-state index contributed by atoms with van der Waals surface area (Å²) in [6, 6.07) is 1.80. The van der Waals surface area contributed by atoms with Crippen LogP contribution in [0.3, 0.4) is 0 Å². The molecule has 15 heavy (non-hydrogen) atoms. The number of carbonyl (C=O) groups is 1. The highest BCUT2D eigenvalue weighted by Crippen LogP contribution is 2.31. The van der Waals surface area contributed by atoms with E-state index in [1.165, 1.54) is 15.3 Å². The van der Waals surface area contributed by atoms with Gasteiger partial charge < -0.3 is 5.11 Å². The van der Waals surface area contributed by atoms with E-state index in [0.717, 1.165) is 0 Å². The van der Waals surface area contributed by atoms with Gasteiger partial charge in [0.25, 0.3) is 0 Å². The van der Waals surface area contributed by atoms with Crippen LogP contribution < -0.4 is 5.32 Å². The molecule has 2 heterocycles. The fourth-order valence-electron chi connectivity index (χ4n) is 1.76. The van der Waals surface area contributed by atoms with Gasteiger partial charge >= 0.3 is 5.97 Å². The van der Waals surface area contributed by atoms with Gasteiger partial charge in [-0.2, -0.15) is 0 Å². The zero-order valence-corrected chi connectivity index (χ0v) is 9.73. The number of rotatable bonds is 2. The Morgan fingerprint density at radius 2 is 2.40 bits per heavy atom. The van der Waals surface area contributed by atoms with Gasteiger partial charge in [-0.05, 0) is 17.5 Å². The zero-order valence-electron chi connectivity index (χ0n) is 8.91. The summed E-state index contributed by atoms with van der Waals surface area (Å²) in [5.41, 5.74) is 1.28. The minimum absolute atomic E-state index is 0.406. The minimum Gasteiger partial charge on any atom is -0.480 e. The Balaban J connectivity index is 2.22. The van der Waals surface area contributed by atoms with Crippen molar-refractivity contribution in [2.45, 2.75) is 38.8 Å². The summed E-state index contributed by atoms with van der Waals surface area (Å²) >= 11 is 1.76. The third kappa shape index (κ3) is 2.06. The predicted molar refractivity (Wildman–Crippen MR) is 60.4 cm³/mol. The molecule has 0 spiro atoms. The van der Waals surface area contributed by atoms with Crippen LogP contribution in [0, 0.1) is 0 Å². The number of thiophene rings is 1. The molecular weight excluding hydrogens is 210 g/mol. The van der Waals surface area contributed by atoms with Crippen LogP contribution in [0.4, 0.5) is 0 Å². The van der Waals surface area contributed by atoms with Crippen LogP contribution in [0.5, 0.6) is 0 Å². The number of hydrogen-bond donors (Lipinski definition) is 2. The molecule has 2 N–H and O–H groups in total. The second-order valence-electron chi connectivity index (χ2n) is 4.23. The Morgan fingerprint density at radius 3 is 3.00 bits per heavy atom. The van der Waals surface area contributed by atoms with E-state index in [0.29, 0.717) is 18.9 Å². The van der Waals surface area contributed by atoms with Crippen molar-refractivity contribution in [3.8, 4) is 0 Å².